The summed E-state index contributed by atoms with van der Waals surface area (Å²) >= 11 is 3.32. The van der Waals surface area contributed by atoms with Gasteiger partial charge in [-0.05, 0) is 43.9 Å². The zero-order chi connectivity index (χ0) is 17.9. The van der Waals surface area contributed by atoms with Crippen molar-refractivity contribution in [1.82, 2.24) is 9.62 Å². The van der Waals surface area contributed by atoms with E-state index in [1.165, 1.54) is 23.6 Å². The molecule has 1 saturated heterocycles. The molecule has 0 aromatic heterocycles. The Morgan fingerprint density at radius 2 is 1.88 bits per heavy atom. The Kier molecular flexibility index (Phi) is 6.17. The molecule has 1 aromatic carbocycles. The lowest BCUT2D eigenvalue weighted by molar-refractivity contribution is -0.127. The molecular weight excluding hydrogens is 404 g/mol. The van der Waals surface area contributed by atoms with E-state index in [1.807, 2.05) is 0 Å². The standard InChI is InChI=1S/C18H25BrN2O3S/c19-15-7-4-10-17(12-15)25(23,24)21-11-5-6-14(13-21)18(22)20-16-8-2-1-3-9-16/h4,7,10,12,14,16H,1-3,5-6,8-9,11,13H2,(H,20,22). The molecule has 1 heterocycles. The predicted octanol–water partition coefficient (Wildman–Crippen LogP) is 3.30. The van der Waals surface area contributed by atoms with Gasteiger partial charge in [0.25, 0.3) is 0 Å². The molecular formula is C18H25BrN2O3S. The minimum absolute atomic E-state index is 0.0149. The van der Waals surface area contributed by atoms with Crippen LogP contribution in [0, 0.1) is 5.92 Å². The Bertz CT molecular complexity index is 717. The fraction of sp³-hybridized carbons (Fsp3) is 0.611. The first-order chi connectivity index (χ1) is 12.0. The number of amides is 1. The van der Waals surface area contributed by atoms with Crippen molar-refractivity contribution in [3.8, 4) is 0 Å². The zero-order valence-electron chi connectivity index (χ0n) is 14.3. The van der Waals surface area contributed by atoms with Crippen molar-refractivity contribution < 1.29 is 13.2 Å². The van der Waals surface area contributed by atoms with E-state index in [-0.39, 0.29) is 29.3 Å². The van der Waals surface area contributed by atoms with Crippen molar-refractivity contribution >= 4 is 31.9 Å². The van der Waals surface area contributed by atoms with E-state index >= 15 is 0 Å². The number of rotatable bonds is 4. The van der Waals surface area contributed by atoms with Crippen LogP contribution < -0.4 is 5.32 Å². The molecule has 1 N–H and O–H groups in total. The topological polar surface area (TPSA) is 66.5 Å². The van der Waals surface area contributed by atoms with Crippen LogP contribution in [-0.4, -0.2) is 37.8 Å². The van der Waals surface area contributed by atoms with Crippen molar-refractivity contribution in [3.05, 3.63) is 28.7 Å². The van der Waals surface area contributed by atoms with Gasteiger partial charge in [0.15, 0.2) is 0 Å². The molecule has 1 aliphatic carbocycles. The maximum Gasteiger partial charge on any atom is 0.243 e. The highest BCUT2D eigenvalue weighted by Gasteiger charge is 2.34. The monoisotopic (exact) mass is 428 g/mol. The largest absolute Gasteiger partial charge is 0.353 e. The van der Waals surface area contributed by atoms with Gasteiger partial charge >= 0.3 is 0 Å². The summed E-state index contributed by atoms with van der Waals surface area (Å²) in [5.41, 5.74) is 0. The molecule has 7 heteroatoms. The average molecular weight is 429 g/mol. The smallest absolute Gasteiger partial charge is 0.243 e. The first kappa shape index (κ1) is 18.9. The minimum Gasteiger partial charge on any atom is -0.353 e. The van der Waals surface area contributed by atoms with Gasteiger partial charge < -0.3 is 5.32 Å². The fourth-order valence-corrected chi connectivity index (χ4v) is 5.84. The van der Waals surface area contributed by atoms with Crippen LogP contribution in [-0.2, 0) is 14.8 Å². The summed E-state index contributed by atoms with van der Waals surface area (Å²) in [5.74, 6) is -0.237. The summed E-state index contributed by atoms with van der Waals surface area (Å²) in [6.45, 7) is 0.745. The van der Waals surface area contributed by atoms with Crippen LogP contribution in [0.4, 0.5) is 0 Å². The second-order valence-electron chi connectivity index (χ2n) is 7.00. The predicted molar refractivity (Wildman–Crippen MR) is 101 cm³/mol. The third kappa shape index (κ3) is 4.63. The molecule has 1 amide bonds. The highest BCUT2D eigenvalue weighted by atomic mass is 79.9. The SMILES string of the molecule is O=C(NC1CCCCC1)C1CCCN(S(=O)(=O)c2cccc(Br)c2)C1. The van der Waals surface area contributed by atoms with Gasteiger partial charge in [0.2, 0.25) is 15.9 Å². The molecule has 25 heavy (non-hydrogen) atoms. The first-order valence-corrected chi connectivity index (χ1v) is 11.3. The number of carbonyl (C=O) groups is 1. The van der Waals surface area contributed by atoms with Gasteiger partial charge in [0.05, 0.1) is 10.8 Å². The summed E-state index contributed by atoms with van der Waals surface area (Å²) in [5, 5.41) is 3.14. The molecule has 0 spiro atoms. The molecule has 3 rings (SSSR count). The average Bonchev–Trinajstić information content (AvgIpc) is 2.62. The number of nitrogens with zero attached hydrogens (tertiary/aromatic N) is 1. The number of piperidine rings is 1. The molecule has 2 fully saturated rings. The van der Waals surface area contributed by atoms with Crippen LogP contribution in [0.25, 0.3) is 0 Å². The van der Waals surface area contributed by atoms with Gasteiger partial charge in [-0.3, -0.25) is 4.79 Å². The van der Waals surface area contributed by atoms with E-state index in [2.05, 4.69) is 21.2 Å². The maximum absolute atomic E-state index is 12.9. The number of halogens is 1. The quantitative estimate of drug-likeness (QED) is 0.799. The third-order valence-corrected chi connectivity index (χ3v) is 7.49. The summed E-state index contributed by atoms with van der Waals surface area (Å²) in [6.07, 6.45) is 7.13. The van der Waals surface area contributed by atoms with Gasteiger partial charge in [-0.25, -0.2) is 8.42 Å². The summed E-state index contributed by atoms with van der Waals surface area (Å²) in [4.78, 5) is 12.9. The Hall–Kier alpha value is -0.920. The Labute approximate surface area is 158 Å². The normalized spacial score (nSPS) is 23.3. The van der Waals surface area contributed by atoms with Crippen molar-refractivity contribution in [2.45, 2.75) is 55.9 Å². The van der Waals surface area contributed by atoms with Crippen LogP contribution in [0.3, 0.4) is 0 Å². The van der Waals surface area contributed by atoms with Crippen LogP contribution in [0.2, 0.25) is 0 Å². The van der Waals surface area contributed by atoms with Crippen LogP contribution in [0.1, 0.15) is 44.9 Å². The lowest BCUT2D eigenvalue weighted by Gasteiger charge is -2.32. The third-order valence-electron chi connectivity index (χ3n) is 5.14. The molecule has 0 bridgehead atoms. The summed E-state index contributed by atoms with van der Waals surface area (Å²) in [6, 6.07) is 7.00. The molecule has 1 aromatic rings. The molecule has 1 aliphatic heterocycles. The van der Waals surface area contributed by atoms with E-state index in [4.69, 9.17) is 0 Å². The Morgan fingerprint density at radius 3 is 2.60 bits per heavy atom. The number of nitrogens with one attached hydrogen (secondary N) is 1. The van der Waals surface area contributed by atoms with Crippen molar-refractivity contribution in [2.75, 3.05) is 13.1 Å². The molecule has 2 aliphatic rings. The molecule has 1 unspecified atom stereocenters. The van der Waals surface area contributed by atoms with E-state index in [0.29, 0.717) is 6.54 Å². The van der Waals surface area contributed by atoms with Crippen molar-refractivity contribution in [1.29, 1.82) is 0 Å². The molecule has 5 nitrogen and oxygen atoms in total. The van der Waals surface area contributed by atoms with E-state index in [1.54, 1.807) is 24.3 Å². The Morgan fingerprint density at radius 1 is 1.12 bits per heavy atom. The summed E-state index contributed by atoms with van der Waals surface area (Å²) < 4.78 is 27.9. The fourth-order valence-electron chi connectivity index (χ4n) is 3.72. The van der Waals surface area contributed by atoms with E-state index in [0.717, 1.165) is 30.2 Å². The summed E-state index contributed by atoms with van der Waals surface area (Å²) in [7, 11) is -3.56. The molecule has 1 atom stereocenters. The van der Waals surface area contributed by atoms with Gasteiger partial charge in [-0.15, -0.1) is 0 Å². The van der Waals surface area contributed by atoms with Crippen LogP contribution >= 0.6 is 15.9 Å². The lowest BCUT2D eigenvalue weighted by Crippen LogP contribution is -2.47. The highest BCUT2D eigenvalue weighted by Crippen LogP contribution is 2.26. The van der Waals surface area contributed by atoms with Gasteiger partial charge in [-0.2, -0.15) is 4.31 Å². The lowest BCUT2D eigenvalue weighted by atomic mass is 9.93. The Balaban J connectivity index is 1.66. The second kappa shape index (κ2) is 8.18. The molecule has 138 valence electrons. The number of hydrogen-bond donors (Lipinski definition) is 1. The minimum atomic E-state index is -3.56. The number of sulfonamides is 1. The maximum atomic E-state index is 12.9. The number of hydrogen-bond acceptors (Lipinski definition) is 3. The van der Waals surface area contributed by atoms with E-state index < -0.39 is 10.0 Å². The van der Waals surface area contributed by atoms with Crippen molar-refractivity contribution in [3.63, 3.8) is 0 Å². The van der Waals surface area contributed by atoms with Gasteiger partial charge in [0, 0.05) is 23.6 Å². The zero-order valence-corrected chi connectivity index (χ0v) is 16.7. The molecule has 0 radical (unpaired) electrons. The first-order valence-electron chi connectivity index (χ1n) is 9.03. The highest BCUT2D eigenvalue weighted by molar-refractivity contribution is 9.10. The van der Waals surface area contributed by atoms with Crippen LogP contribution in [0.15, 0.2) is 33.6 Å². The second-order valence-corrected chi connectivity index (χ2v) is 9.86. The van der Waals surface area contributed by atoms with Crippen LogP contribution in [0.5, 0.6) is 0 Å². The van der Waals surface area contributed by atoms with Gasteiger partial charge in [-0.1, -0.05) is 41.3 Å². The number of carbonyl (C=O) groups excluding carboxylic acids is 1. The van der Waals surface area contributed by atoms with E-state index in [9.17, 15) is 13.2 Å². The number of benzene rings is 1. The van der Waals surface area contributed by atoms with Crippen molar-refractivity contribution in [2.24, 2.45) is 5.92 Å². The molecule has 1 saturated carbocycles. The van der Waals surface area contributed by atoms with Gasteiger partial charge in [0.1, 0.15) is 0 Å².